The van der Waals surface area contributed by atoms with Gasteiger partial charge in [-0.3, -0.25) is 14.4 Å². The number of aromatic carboxylic acids is 1. The van der Waals surface area contributed by atoms with Crippen molar-refractivity contribution in [1.82, 2.24) is 40.2 Å². The van der Waals surface area contributed by atoms with Crippen LogP contribution in [-0.2, 0) is 29.1 Å². The zero-order valence-electron chi connectivity index (χ0n) is 34.5. The van der Waals surface area contributed by atoms with Crippen molar-refractivity contribution in [3.8, 4) is 27.7 Å². The lowest BCUT2D eigenvalue weighted by Gasteiger charge is -2.30. The second kappa shape index (κ2) is 18.3. The van der Waals surface area contributed by atoms with E-state index in [-0.39, 0.29) is 42.4 Å². The largest absolute Gasteiger partial charge is 0.497 e. The number of fused-ring (bicyclic) bond motifs is 2. The van der Waals surface area contributed by atoms with Crippen LogP contribution in [0.5, 0.6) is 5.75 Å². The van der Waals surface area contributed by atoms with E-state index in [1.165, 1.54) is 21.0 Å². The summed E-state index contributed by atoms with van der Waals surface area (Å²) >= 11 is 1.37. The minimum Gasteiger partial charge on any atom is -0.497 e. The molecular weight excluding hydrogens is 853 g/mol. The minimum atomic E-state index is -4.51. The summed E-state index contributed by atoms with van der Waals surface area (Å²) in [6.07, 6.45) is 10.8. The molecule has 4 aromatic rings. The first-order valence-corrected chi connectivity index (χ1v) is 23.4. The van der Waals surface area contributed by atoms with Crippen LogP contribution < -0.4 is 20.1 Å². The van der Waals surface area contributed by atoms with Gasteiger partial charge in [-0.1, -0.05) is 25.0 Å². The molecule has 2 aliphatic carbocycles. The fraction of sp³-hybridized carbons (Fsp3) is 0.442. The lowest BCUT2D eigenvalue weighted by molar-refractivity contribution is -0.141. The normalized spacial score (nSPS) is 24.8. The van der Waals surface area contributed by atoms with Gasteiger partial charge < -0.3 is 30.1 Å². The second-order valence-electron chi connectivity index (χ2n) is 16.3. The molecule has 332 valence electrons. The number of sulfonamides is 1. The van der Waals surface area contributed by atoms with Crippen LogP contribution in [0.25, 0.3) is 22.0 Å². The topological polar surface area (TPSA) is 241 Å². The first kappa shape index (κ1) is 43.5. The Morgan fingerprint density at radius 3 is 2.38 bits per heavy atom. The van der Waals surface area contributed by atoms with Gasteiger partial charge in [-0.25, -0.2) is 27.7 Å². The summed E-state index contributed by atoms with van der Waals surface area (Å²) in [6, 6.07) is 8.77. The van der Waals surface area contributed by atoms with Gasteiger partial charge in [0.1, 0.15) is 45.9 Å². The van der Waals surface area contributed by atoms with Gasteiger partial charge in [0.15, 0.2) is 0 Å². The molecule has 8 rings (SSSR count). The molecule has 4 N–H and O–H groups in total. The molecule has 2 saturated carbocycles. The van der Waals surface area contributed by atoms with Gasteiger partial charge in [-0.2, -0.15) is 9.90 Å². The monoisotopic (exact) mass is 900 g/mol. The zero-order chi connectivity index (χ0) is 44.3. The number of carboxylic acid groups (broad SMARTS) is 1. The number of carbonyl (C=O) groups excluding carboxylic acids is 4. The Bertz CT molecular complexity index is 2490. The van der Waals surface area contributed by atoms with Crippen LogP contribution in [-0.4, -0.2) is 106 Å². The summed E-state index contributed by atoms with van der Waals surface area (Å²) < 4.78 is 40.1. The van der Waals surface area contributed by atoms with E-state index in [1.54, 1.807) is 31.5 Å². The molecule has 2 aromatic carbocycles. The van der Waals surface area contributed by atoms with Crippen LogP contribution in [0.2, 0.25) is 0 Å². The van der Waals surface area contributed by atoms with Crippen molar-refractivity contribution in [2.75, 3.05) is 13.7 Å². The van der Waals surface area contributed by atoms with Crippen LogP contribution in [0.3, 0.4) is 0 Å². The van der Waals surface area contributed by atoms with Gasteiger partial charge in [0.2, 0.25) is 11.8 Å². The number of carboxylic acids is 1. The van der Waals surface area contributed by atoms with Gasteiger partial charge in [0.05, 0.1) is 23.6 Å². The number of hydrogen-bond donors (Lipinski definition) is 4. The minimum absolute atomic E-state index is 0.0112. The Labute approximate surface area is 367 Å². The number of amides is 4. The Morgan fingerprint density at radius 1 is 0.952 bits per heavy atom. The van der Waals surface area contributed by atoms with Gasteiger partial charge in [0.25, 0.3) is 15.9 Å². The number of thiazole rings is 1. The van der Waals surface area contributed by atoms with Crippen LogP contribution in [0.1, 0.15) is 87.0 Å². The molecule has 0 spiro atoms. The third kappa shape index (κ3) is 9.46. The molecule has 4 amide bonds. The van der Waals surface area contributed by atoms with Crippen LogP contribution in [0.15, 0.2) is 77.2 Å². The van der Waals surface area contributed by atoms with E-state index in [2.05, 4.69) is 20.3 Å². The van der Waals surface area contributed by atoms with Gasteiger partial charge >= 0.3 is 12.1 Å². The molecule has 4 heterocycles. The van der Waals surface area contributed by atoms with E-state index in [1.807, 2.05) is 23.6 Å². The molecule has 1 saturated heterocycles. The lowest BCUT2D eigenvalue weighted by atomic mass is 10.0. The number of nitrogens with one attached hydrogen (secondary N) is 3. The molecule has 0 bridgehead atoms. The average molecular weight is 901 g/mol. The van der Waals surface area contributed by atoms with Crippen molar-refractivity contribution < 1.29 is 47.0 Å². The van der Waals surface area contributed by atoms with Gasteiger partial charge in [-0.15, -0.1) is 16.4 Å². The van der Waals surface area contributed by atoms with E-state index in [0.29, 0.717) is 35.0 Å². The van der Waals surface area contributed by atoms with Gasteiger partial charge in [0, 0.05) is 36.0 Å². The molecule has 18 nitrogen and oxygen atoms in total. The molecular formula is C43H48N8O10S2. The third-order valence-electron chi connectivity index (χ3n) is 12.1. The summed E-state index contributed by atoms with van der Waals surface area (Å²) in [5, 5.41) is 27.2. The number of carbonyl (C=O) groups is 5. The smallest absolute Gasteiger partial charge is 0.408 e. The Morgan fingerprint density at radius 2 is 1.68 bits per heavy atom. The highest BCUT2D eigenvalue weighted by molar-refractivity contribution is 7.90. The van der Waals surface area contributed by atoms with Gasteiger partial charge in [-0.05, 0) is 99.9 Å². The SMILES string of the molecule is COc1ccc(-c2nn([C@@H]3C[C@H]4C(=O)N[C@]5(C(=O)NS(=O)(=O)c6ccc(C(=O)O)cc6)C[C@H]5/C=C/CCCCC[C@@H](NC(=O)OC5CCCC5)C(=O)N4C3)nc2-c2nccs2)cc1. The second-order valence-corrected chi connectivity index (χ2v) is 18.9. The summed E-state index contributed by atoms with van der Waals surface area (Å²) in [7, 11) is -2.94. The number of aromatic nitrogens is 4. The zero-order valence-corrected chi connectivity index (χ0v) is 36.1. The number of methoxy groups -OCH3 is 1. The van der Waals surface area contributed by atoms with Crippen molar-refractivity contribution in [3.05, 3.63) is 77.8 Å². The molecule has 2 aromatic heterocycles. The maximum Gasteiger partial charge on any atom is 0.408 e. The fourth-order valence-corrected chi connectivity index (χ4v) is 10.2. The Kier molecular flexibility index (Phi) is 12.6. The molecule has 63 heavy (non-hydrogen) atoms. The number of rotatable bonds is 10. The number of benzene rings is 2. The molecule has 5 atom stereocenters. The van der Waals surface area contributed by atoms with Crippen molar-refractivity contribution >= 4 is 51.1 Å². The predicted octanol–water partition coefficient (Wildman–Crippen LogP) is 4.86. The number of hydrogen-bond acceptors (Lipinski definition) is 13. The van der Waals surface area contributed by atoms with E-state index in [0.717, 1.165) is 68.4 Å². The highest BCUT2D eigenvalue weighted by Crippen LogP contribution is 2.46. The summed E-state index contributed by atoms with van der Waals surface area (Å²) in [5.74, 6) is -3.38. The molecule has 0 unspecified atom stereocenters. The number of allylic oxidation sites excluding steroid dienone is 1. The standard InChI is InChI=1S/C43H48N8O10S2/c1-60-30-17-13-26(14-18-30)35-36(38-44-21-22-62-38)48-51(47-35)29-23-34-37(52)46-43(41(56)49-63(58,59)32-19-15-27(16-20-32)40(54)55)24-28(43)9-5-3-2-4-6-12-33(39(53)50(34)25-29)45-42(57)61-31-10-7-8-11-31/h5,9,13-22,28-29,31,33-34H,2-4,6-8,10-12,23-25H2,1H3,(H,45,57)(H,46,52)(H,49,56)(H,54,55)/b9-5+/t28-,29-,33-,34+,43-/m1/s1. The maximum absolute atomic E-state index is 14.8. The quantitative estimate of drug-likeness (QED) is 0.156. The first-order valence-electron chi connectivity index (χ1n) is 21.0. The number of ether oxygens (including phenoxy) is 2. The number of alkyl carbamates (subject to hydrolysis) is 1. The molecule has 2 aliphatic heterocycles. The Balaban J connectivity index is 1.12. The fourth-order valence-electron chi connectivity index (χ4n) is 8.56. The van der Waals surface area contributed by atoms with E-state index in [4.69, 9.17) is 19.7 Å². The van der Waals surface area contributed by atoms with Crippen molar-refractivity contribution in [2.45, 2.75) is 105 Å². The first-order chi connectivity index (χ1) is 30.3. The van der Waals surface area contributed by atoms with Crippen LogP contribution in [0.4, 0.5) is 4.79 Å². The van der Waals surface area contributed by atoms with E-state index < -0.39 is 69.4 Å². The van der Waals surface area contributed by atoms with Crippen molar-refractivity contribution in [2.24, 2.45) is 5.92 Å². The highest BCUT2D eigenvalue weighted by atomic mass is 32.2. The van der Waals surface area contributed by atoms with Crippen molar-refractivity contribution in [1.29, 1.82) is 0 Å². The van der Waals surface area contributed by atoms with E-state index >= 15 is 0 Å². The lowest BCUT2D eigenvalue weighted by Crippen LogP contribution is -2.58. The predicted molar refractivity (Wildman–Crippen MR) is 228 cm³/mol. The summed E-state index contributed by atoms with van der Waals surface area (Å²) in [5.41, 5.74) is -0.0941. The highest BCUT2D eigenvalue weighted by Gasteiger charge is 2.61. The van der Waals surface area contributed by atoms with E-state index in [9.17, 15) is 37.5 Å². The summed E-state index contributed by atoms with van der Waals surface area (Å²) in [6.45, 7) is -0.0376. The molecule has 0 radical (unpaired) electrons. The molecule has 4 aliphatic rings. The van der Waals surface area contributed by atoms with Crippen LogP contribution >= 0.6 is 11.3 Å². The van der Waals surface area contributed by atoms with Crippen molar-refractivity contribution in [3.63, 3.8) is 0 Å². The molecule has 3 fully saturated rings. The average Bonchev–Trinajstić information content (AvgIpc) is 3.93. The maximum atomic E-state index is 14.8. The van der Waals surface area contributed by atoms with Crippen LogP contribution in [0, 0.1) is 5.92 Å². The summed E-state index contributed by atoms with van der Waals surface area (Å²) in [4.78, 5) is 75.4. The third-order valence-corrected chi connectivity index (χ3v) is 14.2. The molecule has 20 heteroatoms. The number of nitrogens with zero attached hydrogens (tertiary/aromatic N) is 5. The Hall–Kier alpha value is -6.15.